The summed E-state index contributed by atoms with van der Waals surface area (Å²) in [6.07, 6.45) is 10.7. The topological polar surface area (TPSA) is 75.6 Å². The Bertz CT molecular complexity index is 743. The zero-order chi connectivity index (χ0) is 26.3. The molecule has 1 N–H and O–H groups in total. The molecule has 1 saturated carbocycles. The van der Waals surface area contributed by atoms with E-state index in [0.29, 0.717) is 56.4 Å². The second kappa shape index (κ2) is 17.4. The minimum absolute atomic E-state index is 0.0614. The zero-order valence-corrected chi connectivity index (χ0v) is 23.3. The Labute approximate surface area is 224 Å². The van der Waals surface area contributed by atoms with Crippen molar-refractivity contribution in [2.45, 2.75) is 76.7 Å². The Morgan fingerprint density at radius 3 is 2.49 bits per heavy atom. The van der Waals surface area contributed by atoms with Crippen LogP contribution in [-0.2, 0) is 30.1 Å². The van der Waals surface area contributed by atoms with Crippen LogP contribution < -0.4 is 4.74 Å². The van der Waals surface area contributed by atoms with Gasteiger partial charge in [-0.25, -0.2) is 0 Å². The highest BCUT2D eigenvalue weighted by molar-refractivity contribution is 5.40. The number of rotatable bonds is 16. The Morgan fingerprint density at radius 1 is 0.892 bits per heavy atom. The molecule has 0 heterocycles. The molecule has 0 amide bonds. The monoisotopic (exact) mass is 522 g/mol. The summed E-state index contributed by atoms with van der Waals surface area (Å²) >= 11 is 0. The van der Waals surface area contributed by atoms with Gasteiger partial charge < -0.3 is 33.5 Å². The van der Waals surface area contributed by atoms with Gasteiger partial charge in [-0.15, -0.1) is 0 Å². The number of aliphatic hydroxyl groups is 1. The van der Waals surface area contributed by atoms with Crippen LogP contribution in [0, 0.1) is 17.8 Å². The Morgan fingerprint density at radius 2 is 1.70 bits per heavy atom. The number of unbranched alkanes of at least 4 members (excludes halogenated alkanes) is 1. The summed E-state index contributed by atoms with van der Waals surface area (Å²) in [7, 11) is 3.36. The molecule has 0 aromatic heterocycles. The zero-order valence-electron chi connectivity index (χ0n) is 23.3. The number of aliphatic hydroxyl groups excluding tert-OH is 1. The van der Waals surface area contributed by atoms with Crippen molar-refractivity contribution in [2.24, 2.45) is 17.8 Å². The maximum Gasteiger partial charge on any atom is 0.188 e. The second-order valence-electron chi connectivity index (χ2n) is 10.7. The Hall–Kier alpha value is -1.22. The summed E-state index contributed by atoms with van der Waals surface area (Å²) in [4.78, 5) is 0. The van der Waals surface area contributed by atoms with E-state index in [2.05, 4.69) is 25.1 Å². The molecule has 2 aliphatic carbocycles. The highest BCUT2D eigenvalue weighted by Crippen LogP contribution is 2.50. The van der Waals surface area contributed by atoms with Gasteiger partial charge in [0.05, 0.1) is 32.5 Å². The van der Waals surface area contributed by atoms with Crippen LogP contribution in [0.1, 0.15) is 75.3 Å². The largest absolute Gasteiger partial charge is 0.468 e. The third kappa shape index (κ3) is 9.79. The van der Waals surface area contributed by atoms with E-state index in [1.165, 1.54) is 43.2 Å². The van der Waals surface area contributed by atoms with Gasteiger partial charge in [0.25, 0.3) is 0 Å². The van der Waals surface area contributed by atoms with Crippen molar-refractivity contribution >= 4 is 0 Å². The molecule has 0 radical (unpaired) electrons. The number of ether oxygens (including phenoxy) is 6. The van der Waals surface area contributed by atoms with E-state index in [0.717, 1.165) is 38.0 Å². The van der Waals surface area contributed by atoms with Gasteiger partial charge in [0.1, 0.15) is 12.5 Å². The SMILES string of the molecule is COCOc1ccc2c(c1)CC(CCCCOCCOCCO)C1C(C)CCC(OCOC)CCCC21. The Balaban J connectivity index is 1.67. The van der Waals surface area contributed by atoms with Crippen LogP contribution >= 0.6 is 0 Å². The molecule has 0 bridgehead atoms. The minimum atomic E-state index is 0.0614. The lowest BCUT2D eigenvalue weighted by Gasteiger charge is -2.43. The van der Waals surface area contributed by atoms with Crippen LogP contribution in [0.25, 0.3) is 0 Å². The van der Waals surface area contributed by atoms with Crippen molar-refractivity contribution in [3.05, 3.63) is 29.3 Å². The summed E-state index contributed by atoms with van der Waals surface area (Å²) < 4.78 is 33.2. The number of hydrogen-bond donors (Lipinski definition) is 1. The standard InChI is InChI=1S/C30H50O7/c1-23-10-11-26(36-21-32-2)8-6-9-29-28-13-12-27(37-22-33-3)20-25(28)19-24(30(23)29)7-4-5-15-34-17-18-35-16-14-31/h12-13,20,23-24,26,29-31H,4-11,14-19,21-22H2,1-3H3. The lowest BCUT2D eigenvalue weighted by atomic mass is 9.61. The maximum absolute atomic E-state index is 8.78. The van der Waals surface area contributed by atoms with E-state index in [4.69, 9.17) is 33.5 Å². The second-order valence-corrected chi connectivity index (χ2v) is 10.7. The quantitative estimate of drug-likeness (QED) is 0.232. The van der Waals surface area contributed by atoms with Gasteiger partial charge in [-0.1, -0.05) is 25.8 Å². The molecule has 2 aliphatic rings. The number of methoxy groups -OCH3 is 2. The van der Waals surface area contributed by atoms with Crippen LogP contribution in [-0.4, -0.2) is 72.1 Å². The van der Waals surface area contributed by atoms with Crippen LogP contribution in [0.3, 0.4) is 0 Å². The van der Waals surface area contributed by atoms with E-state index < -0.39 is 0 Å². The molecule has 37 heavy (non-hydrogen) atoms. The summed E-state index contributed by atoms with van der Waals surface area (Å²) in [5, 5.41) is 8.78. The van der Waals surface area contributed by atoms with Gasteiger partial charge in [-0.05, 0) is 91.9 Å². The first-order valence-electron chi connectivity index (χ1n) is 14.3. The average Bonchev–Trinajstić information content (AvgIpc) is 2.99. The Kier molecular flexibility index (Phi) is 14.2. The predicted molar refractivity (Wildman–Crippen MR) is 144 cm³/mol. The highest BCUT2D eigenvalue weighted by atomic mass is 16.7. The normalized spacial score (nSPS) is 26.0. The third-order valence-corrected chi connectivity index (χ3v) is 8.13. The maximum atomic E-state index is 8.78. The van der Waals surface area contributed by atoms with E-state index in [9.17, 15) is 0 Å². The van der Waals surface area contributed by atoms with Crippen LogP contribution in [0.5, 0.6) is 5.75 Å². The first-order valence-corrected chi connectivity index (χ1v) is 14.3. The van der Waals surface area contributed by atoms with Crippen molar-refractivity contribution in [1.82, 2.24) is 0 Å². The summed E-state index contributed by atoms with van der Waals surface area (Å²) in [5.74, 6) is 3.49. The predicted octanol–water partition coefficient (Wildman–Crippen LogP) is 5.33. The smallest absolute Gasteiger partial charge is 0.188 e. The molecule has 3 rings (SSSR count). The van der Waals surface area contributed by atoms with E-state index in [1.807, 2.05) is 0 Å². The van der Waals surface area contributed by atoms with Crippen molar-refractivity contribution in [3.63, 3.8) is 0 Å². The molecule has 7 heteroatoms. The van der Waals surface area contributed by atoms with Gasteiger partial charge in [-0.3, -0.25) is 0 Å². The van der Waals surface area contributed by atoms with Crippen molar-refractivity contribution in [3.8, 4) is 5.75 Å². The lowest BCUT2D eigenvalue weighted by Crippen LogP contribution is -2.34. The van der Waals surface area contributed by atoms with Gasteiger partial charge in [0.15, 0.2) is 6.79 Å². The molecule has 7 nitrogen and oxygen atoms in total. The van der Waals surface area contributed by atoms with Gasteiger partial charge in [0, 0.05) is 20.8 Å². The molecular formula is C30H50O7. The van der Waals surface area contributed by atoms with Crippen LogP contribution in [0.4, 0.5) is 0 Å². The van der Waals surface area contributed by atoms with E-state index >= 15 is 0 Å². The van der Waals surface area contributed by atoms with Crippen molar-refractivity contribution in [1.29, 1.82) is 0 Å². The summed E-state index contributed by atoms with van der Waals surface area (Å²) in [5.41, 5.74) is 2.98. The van der Waals surface area contributed by atoms with E-state index in [1.54, 1.807) is 14.2 Å². The molecule has 1 aromatic carbocycles. The van der Waals surface area contributed by atoms with Crippen LogP contribution in [0.15, 0.2) is 18.2 Å². The molecular weight excluding hydrogens is 472 g/mol. The molecule has 0 saturated heterocycles. The van der Waals surface area contributed by atoms with E-state index in [-0.39, 0.29) is 13.4 Å². The highest BCUT2D eigenvalue weighted by Gasteiger charge is 2.40. The fraction of sp³-hybridized carbons (Fsp3) is 0.800. The minimum Gasteiger partial charge on any atom is -0.468 e. The molecule has 1 fully saturated rings. The van der Waals surface area contributed by atoms with Crippen molar-refractivity contribution in [2.75, 3.05) is 60.8 Å². The average molecular weight is 523 g/mol. The number of fused-ring (bicyclic) bond motifs is 3. The lowest BCUT2D eigenvalue weighted by molar-refractivity contribution is -0.0781. The first kappa shape index (κ1) is 30.3. The fourth-order valence-electron chi connectivity index (χ4n) is 6.47. The van der Waals surface area contributed by atoms with Crippen molar-refractivity contribution < 1.29 is 33.5 Å². The third-order valence-electron chi connectivity index (χ3n) is 8.13. The molecule has 5 atom stereocenters. The molecule has 0 aliphatic heterocycles. The first-order chi connectivity index (χ1) is 18.2. The number of hydrogen-bond acceptors (Lipinski definition) is 7. The molecule has 5 unspecified atom stereocenters. The molecule has 212 valence electrons. The van der Waals surface area contributed by atoms with Gasteiger partial charge in [0.2, 0.25) is 0 Å². The number of benzene rings is 1. The molecule has 0 spiro atoms. The van der Waals surface area contributed by atoms with Gasteiger partial charge in [-0.2, -0.15) is 0 Å². The summed E-state index contributed by atoms with van der Waals surface area (Å²) in [6, 6.07) is 6.71. The van der Waals surface area contributed by atoms with Crippen LogP contribution in [0.2, 0.25) is 0 Å². The fourth-order valence-corrected chi connectivity index (χ4v) is 6.47. The summed E-state index contributed by atoms with van der Waals surface area (Å²) in [6.45, 7) is 5.48. The molecule has 1 aromatic rings. The van der Waals surface area contributed by atoms with Gasteiger partial charge >= 0.3 is 0 Å².